The molecule has 0 aliphatic rings. The Kier molecular flexibility index (Phi) is 3.51. The second-order valence-electron chi connectivity index (χ2n) is 2.73. The smallest absolute Gasteiger partial charge is 0.222 e. The summed E-state index contributed by atoms with van der Waals surface area (Å²) in [5.74, 6) is 0.712. The third-order valence-corrected chi connectivity index (χ3v) is 1.72. The van der Waals surface area contributed by atoms with Crippen molar-refractivity contribution in [3.05, 3.63) is 18.0 Å². The Bertz CT molecular complexity index is 235. The summed E-state index contributed by atoms with van der Waals surface area (Å²) in [5, 5.41) is 2.92. The first-order valence-corrected chi connectivity index (χ1v) is 4.36. The number of hydrogen-bond donors (Lipinski definition) is 1. The monoisotopic (exact) mass is 165 g/mol. The fraction of sp³-hybridized carbons (Fsp3) is 0.556. The van der Waals surface area contributed by atoms with Gasteiger partial charge >= 0.3 is 0 Å². The Labute approximate surface area is 73.2 Å². The quantitative estimate of drug-likeness (QED) is 0.740. The van der Waals surface area contributed by atoms with Gasteiger partial charge in [0, 0.05) is 18.9 Å². The van der Waals surface area contributed by atoms with Crippen LogP contribution in [0.4, 0.5) is 5.95 Å². The molecule has 1 aromatic heterocycles. The van der Waals surface area contributed by atoms with Gasteiger partial charge in [-0.25, -0.2) is 9.97 Å². The van der Waals surface area contributed by atoms with Crippen molar-refractivity contribution >= 4 is 5.95 Å². The highest BCUT2D eigenvalue weighted by atomic mass is 15.1. The van der Waals surface area contributed by atoms with Crippen LogP contribution >= 0.6 is 0 Å². The molecular weight excluding hydrogens is 150 g/mol. The fourth-order valence-corrected chi connectivity index (χ4v) is 1.01. The van der Waals surface area contributed by atoms with Crippen LogP contribution in [-0.2, 0) is 6.42 Å². The molecule has 0 spiro atoms. The number of unbranched alkanes of at least 4 members (excludes halogenated alkanes) is 1. The van der Waals surface area contributed by atoms with Crippen LogP contribution in [0.15, 0.2) is 12.3 Å². The van der Waals surface area contributed by atoms with E-state index in [2.05, 4.69) is 22.2 Å². The summed E-state index contributed by atoms with van der Waals surface area (Å²) in [4.78, 5) is 8.35. The van der Waals surface area contributed by atoms with Crippen LogP contribution < -0.4 is 5.32 Å². The van der Waals surface area contributed by atoms with Crippen LogP contribution in [0.1, 0.15) is 25.5 Å². The molecule has 0 unspecified atom stereocenters. The molecule has 12 heavy (non-hydrogen) atoms. The summed E-state index contributed by atoms with van der Waals surface area (Å²) in [7, 11) is 1.83. The topological polar surface area (TPSA) is 37.8 Å². The first kappa shape index (κ1) is 8.97. The van der Waals surface area contributed by atoms with E-state index >= 15 is 0 Å². The standard InChI is InChI=1S/C9H15N3/c1-3-4-5-8-6-7-11-9(10-2)12-8/h6-7H,3-5H2,1-2H3,(H,10,11,12). The zero-order valence-electron chi connectivity index (χ0n) is 7.67. The minimum atomic E-state index is 0.712. The molecule has 3 heteroatoms. The minimum Gasteiger partial charge on any atom is -0.357 e. The van der Waals surface area contributed by atoms with Gasteiger partial charge in [-0.2, -0.15) is 0 Å². The van der Waals surface area contributed by atoms with E-state index < -0.39 is 0 Å². The number of nitrogens with one attached hydrogen (secondary N) is 1. The van der Waals surface area contributed by atoms with Crippen molar-refractivity contribution in [1.82, 2.24) is 9.97 Å². The zero-order valence-corrected chi connectivity index (χ0v) is 7.67. The first-order chi connectivity index (χ1) is 5.86. The van der Waals surface area contributed by atoms with Gasteiger partial charge in [-0.15, -0.1) is 0 Å². The SMILES string of the molecule is CCCCc1ccnc(NC)n1. The summed E-state index contributed by atoms with van der Waals surface area (Å²) in [5.41, 5.74) is 1.12. The first-order valence-electron chi connectivity index (χ1n) is 4.36. The van der Waals surface area contributed by atoms with Gasteiger partial charge in [0.25, 0.3) is 0 Å². The van der Waals surface area contributed by atoms with Crippen molar-refractivity contribution in [2.24, 2.45) is 0 Å². The second kappa shape index (κ2) is 4.70. The molecular formula is C9H15N3. The summed E-state index contributed by atoms with van der Waals surface area (Å²) < 4.78 is 0. The lowest BCUT2D eigenvalue weighted by Crippen LogP contribution is -1.98. The lowest BCUT2D eigenvalue weighted by atomic mass is 10.2. The van der Waals surface area contributed by atoms with Crippen molar-refractivity contribution < 1.29 is 0 Å². The summed E-state index contributed by atoms with van der Waals surface area (Å²) >= 11 is 0. The van der Waals surface area contributed by atoms with Crippen molar-refractivity contribution in [3.8, 4) is 0 Å². The average Bonchev–Trinajstić information content (AvgIpc) is 2.15. The highest BCUT2D eigenvalue weighted by molar-refractivity contribution is 5.23. The van der Waals surface area contributed by atoms with Crippen LogP contribution in [0.25, 0.3) is 0 Å². The molecule has 0 radical (unpaired) electrons. The molecule has 1 heterocycles. The molecule has 3 nitrogen and oxygen atoms in total. The van der Waals surface area contributed by atoms with Gasteiger partial charge in [-0.1, -0.05) is 13.3 Å². The molecule has 0 saturated carbocycles. The lowest BCUT2D eigenvalue weighted by Gasteiger charge is -2.01. The predicted octanol–water partition coefficient (Wildman–Crippen LogP) is 1.86. The van der Waals surface area contributed by atoms with E-state index in [0.29, 0.717) is 5.95 Å². The number of nitrogens with zero attached hydrogens (tertiary/aromatic N) is 2. The maximum absolute atomic E-state index is 4.31. The van der Waals surface area contributed by atoms with E-state index in [-0.39, 0.29) is 0 Å². The maximum Gasteiger partial charge on any atom is 0.222 e. The highest BCUT2D eigenvalue weighted by Crippen LogP contribution is 2.03. The highest BCUT2D eigenvalue weighted by Gasteiger charge is 1.95. The number of aromatic nitrogens is 2. The molecule has 0 aliphatic carbocycles. The molecule has 0 aromatic carbocycles. The molecule has 66 valence electrons. The number of aryl methyl sites for hydroxylation is 1. The third kappa shape index (κ3) is 2.49. The van der Waals surface area contributed by atoms with Crippen LogP contribution in [0.3, 0.4) is 0 Å². The van der Waals surface area contributed by atoms with Crippen molar-refractivity contribution in [2.75, 3.05) is 12.4 Å². The van der Waals surface area contributed by atoms with Gasteiger partial charge in [0.2, 0.25) is 5.95 Å². The molecule has 1 rings (SSSR count). The normalized spacial score (nSPS) is 9.83. The van der Waals surface area contributed by atoms with E-state index in [4.69, 9.17) is 0 Å². The number of anilines is 1. The van der Waals surface area contributed by atoms with Crippen LogP contribution in [0.2, 0.25) is 0 Å². The third-order valence-electron chi connectivity index (χ3n) is 1.72. The van der Waals surface area contributed by atoms with Gasteiger partial charge in [0.05, 0.1) is 0 Å². The van der Waals surface area contributed by atoms with Crippen LogP contribution in [0.5, 0.6) is 0 Å². The molecule has 0 saturated heterocycles. The van der Waals surface area contributed by atoms with E-state index in [0.717, 1.165) is 12.1 Å². The summed E-state index contributed by atoms with van der Waals surface area (Å²) in [6.45, 7) is 2.18. The Morgan fingerprint density at radius 2 is 2.33 bits per heavy atom. The fourth-order valence-electron chi connectivity index (χ4n) is 1.01. The van der Waals surface area contributed by atoms with Gasteiger partial charge < -0.3 is 5.32 Å². The molecule has 0 atom stereocenters. The average molecular weight is 165 g/mol. The van der Waals surface area contributed by atoms with E-state index in [1.807, 2.05) is 13.1 Å². The van der Waals surface area contributed by atoms with Crippen molar-refractivity contribution in [1.29, 1.82) is 0 Å². The summed E-state index contributed by atoms with van der Waals surface area (Å²) in [6, 6.07) is 1.97. The molecule has 0 fully saturated rings. The Balaban J connectivity index is 2.60. The van der Waals surface area contributed by atoms with E-state index in [9.17, 15) is 0 Å². The van der Waals surface area contributed by atoms with Crippen molar-refractivity contribution in [3.63, 3.8) is 0 Å². The number of hydrogen-bond acceptors (Lipinski definition) is 3. The molecule has 0 bridgehead atoms. The lowest BCUT2D eigenvalue weighted by molar-refractivity contribution is 0.774. The number of rotatable bonds is 4. The Morgan fingerprint density at radius 1 is 1.50 bits per heavy atom. The van der Waals surface area contributed by atoms with Crippen LogP contribution in [0, 0.1) is 0 Å². The van der Waals surface area contributed by atoms with Gasteiger partial charge in [0.15, 0.2) is 0 Å². The molecule has 1 aromatic rings. The van der Waals surface area contributed by atoms with E-state index in [1.165, 1.54) is 12.8 Å². The van der Waals surface area contributed by atoms with Gasteiger partial charge in [-0.3, -0.25) is 0 Å². The van der Waals surface area contributed by atoms with E-state index in [1.54, 1.807) is 6.20 Å². The Morgan fingerprint density at radius 3 is 3.00 bits per heavy atom. The van der Waals surface area contributed by atoms with Gasteiger partial charge in [0.1, 0.15) is 0 Å². The zero-order chi connectivity index (χ0) is 8.81. The van der Waals surface area contributed by atoms with Crippen molar-refractivity contribution in [2.45, 2.75) is 26.2 Å². The Hall–Kier alpha value is -1.12. The van der Waals surface area contributed by atoms with Crippen LogP contribution in [-0.4, -0.2) is 17.0 Å². The van der Waals surface area contributed by atoms with Gasteiger partial charge in [-0.05, 0) is 18.9 Å². The second-order valence-corrected chi connectivity index (χ2v) is 2.73. The predicted molar refractivity (Wildman–Crippen MR) is 50.2 cm³/mol. The maximum atomic E-state index is 4.31. The summed E-state index contributed by atoms with van der Waals surface area (Å²) in [6.07, 6.45) is 5.25. The molecule has 1 N–H and O–H groups in total. The molecule has 0 aliphatic heterocycles. The minimum absolute atomic E-state index is 0.712. The largest absolute Gasteiger partial charge is 0.357 e. The molecule has 0 amide bonds.